The Labute approximate surface area is 110 Å². The first kappa shape index (κ1) is 11.1. The van der Waals surface area contributed by atoms with E-state index in [-0.39, 0.29) is 0 Å². The molecule has 17 heavy (non-hydrogen) atoms. The predicted molar refractivity (Wildman–Crippen MR) is 73.9 cm³/mol. The molecule has 3 nitrogen and oxygen atoms in total. The summed E-state index contributed by atoms with van der Waals surface area (Å²) in [7, 11) is 0. The minimum Gasteiger partial charge on any atom is -0.354 e. The number of anilines is 1. The van der Waals surface area contributed by atoms with Gasteiger partial charge in [-0.1, -0.05) is 28.9 Å². The molecule has 3 rings (SSSR count). The van der Waals surface area contributed by atoms with Gasteiger partial charge in [-0.3, -0.25) is 4.40 Å². The molecule has 1 aliphatic rings. The second kappa shape index (κ2) is 4.33. The summed E-state index contributed by atoms with van der Waals surface area (Å²) in [6, 6.07) is 6.91. The third kappa shape index (κ3) is 1.75. The van der Waals surface area contributed by atoms with Crippen LogP contribution in [0.3, 0.4) is 0 Å². The van der Waals surface area contributed by atoms with E-state index in [0.717, 1.165) is 23.4 Å². The first-order valence-electron chi connectivity index (χ1n) is 6.06. The molecule has 2 unspecified atom stereocenters. The molecule has 1 saturated heterocycles. The molecular formula is C13H16BrN3. The molecule has 0 N–H and O–H groups in total. The van der Waals surface area contributed by atoms with E-state index in [9.17, 15) is 0 Å². The average molecular weight is 294 g/mol. The van der Waals surface area contributed by atoms with Gasteiger partial charge in [0.25, 0.3) is 0 Å². The fraction of sp³-hybridized carbons (Fsp3) is 0.462. The summed E-state index contributed by atoms with van der Waals surface area (Å²) in [6.45, 7) is 3.47. The number of alkyl halides is 1. The van der Waals surface area contributed by atoms with E-state index >= 15 is 0 Å². The Morgan fingerprint density at radius 1 is 1.47 bits per heavy atom. The summed E-state index contributed by atoms with van der Waals surface area (Å²) in [5.74, 6) is 2.00. The SMILES string of the molecule is CC1CCN(c2cccc3nccn23)C1CBr. The van der Waals surface area contributed by atoms with Crippen molar-refractivity contribution in [2.24, 2.45) is 5.92 Å². The second-order valence-electron chi connectivity index (χ2n) is 4.72. The summed E-state index contributed by atoms with van der Waals surface area (Å²) in [6.07, 6.45) is 5.17. The molecule has 2 aromatic rings. The van der Waals surface area contributed by atoms with Crippen LogP contribution in [0.15, 0.2) is 30.6 Å². The molecule has 0 amide bonds. The van der Waals surface area contributed by atoms with Gasteiger partial charge in [-0.05, 0) is 24.5 Å². The van der Waals surface area contributed by atoms with Crippen LogP contribution in [0.2, 0.25) is 0 Å². The number of pyridine rings is 1. The molecule has 90 valence electrons. The molecule has 0 saturated carbocycles. The lowest BCUT2D eigenvalue weighted by molar-refractivity contribution is 0.552. The van der Waals surface area contributed by atoms with E-state index in [0.29, 0.717) is 6.04 Å². The van der Waals surface area contributed by atoms with E-state index in [4.69, 9.17) is 0 Å². The van der Waals surface area contributed by atoms with Crippen molar-refractivity contribution in [1.82, 2.24) is 9.38 Å². The zero-order chi connectivity index (χ0) is 11.8. The van der Waals surface area contributed by atoms with Gasteiger partial charge in [0, 0.05) is 30.3 Å². The molecule has 0 bridgehead atoms. The number of imidazole rings is 1. The summed E-state index contributed by atoms with van der Waals surface area (Å²) in [5.41, 5.74) is 1.02. The highest BCUT2D eigenvalue weighted by molar-refractivity contribution is 9.09. The highest BCUT2D eigenvalue weighted by Crippen LogP contribution is 2.30. The molecular weight excluding hydrogens is 278 g/mol. The topological polar surface area (TPSA) is 20.5 Å². The van der Waals surface area contributed by atoms with Crippen LogP contribution in [0, 0.1) is 5.92 Å². The van der Waals surface area contributed by atoms with Crippen molar-refractivity contribution in [3.05, 3.63) is 30.6 Å². The Hall–Kier alpha value is -1.03. The Kier molecular flexibility index (Phi) is 2.82. The van der Waals surface area contributed by atoms with Gasteiger partial charge < -0.3 is 4.90 Å². The second-order valence-corrected chi connectivity index (χ2v) is 5.37. The van der Waals surface area contributed by atoms with Crippen LogP contribution in [0.4, 0.5) is 5.82 Å². The minimum atomic E-state index is 0.586. The molecule has 1 aliphatic heterocycles. The van der Waals surface area contributed by atoms with E-state index in [2.05, 4.69) is 49.3 Å². The van der Waals surface area contributed by atoms with Crippen molar-refractivity contribution in [3.8, 4) is 0 Å². The zero-order valence-electron chi connectivity index (χ0n) is 9.88. The van der Waals surface area contributed by atoms with Gasteiger partial charge in [-0.15, -0.1) is 0 Å². The first-order chi connectivity index (χ1) is 8.31. The Morgan fingerprint density at radius 3 is 3.18 bits per heavy atom. The lowest BCUT2D eigenvalue weighted by atomic mass is 10.1. The van der Waals surface area contributed by atoms with Gasteiger partial charge in [-0.2, -0.15) is 0 Å². The standard InChI is InChI=1S/C13H16BrN3/c1-10-5-7-16(11(10)9-14)13-4-2-3-12-15-6-8-17(12)13/h2-4,6,8,10-11H,5,7,9H2,1H3. The molecule has 2 aromatic heterocycles. The normalized spacial score (nSPS) is 24.7. The van der Waals surface area contributed by atoms with Gasteiger partial charge in [0.2, 0.25) is 0 Å². The minimum absolute atomic E-state index is 0.586. The number of aromatic nitrogens is 2. The predicted octanol–water partition coefficient (Wildman–Crippen LogP) is 2.94. The van der Waals surface area contributed by atoms with Gasteiger partial charge >= 0.3 is 0 Å². The maximum absolute atomic E-state index is 4.35. The van der Waals surface area contributed by atoms with Crippen LogP contribution in [-0.4, -0.2) is 27.3 Å². The summed E-state index contributed by atoms with van der Waals surface area (Å²) < 4.78 is 2.17. The summed E-state index contributed by atoms with van der Waals surface area (Å²) >= 11 is 3.64. The van der Waals surface area contributed by atoms with Crippen molar-refractivity contribution < 1.29 is 0 Å². The van der Waals surface area contributed by atoms with Crippen molar-refractivity contribution in [2.75, 3.05) is 16.8 Å². The van der Waals surface area contributed by atoms with Gasteiger partial charge in [-0.25, -0.2) is 4.98 Å². The lowest BCUT2D eigenvalue weighted by Crippen LogP contribution is -2.34. The third-order valence-corrected chi connectivity index (χ3v) is 4.41. The summed E-state index contributed by atoms with van der Waals surface area (Å²) in [5, 5.41) is 1.03. The van der Waals surface area contributed by atoms with Crippen LogP contribution in [0.1, 0.15) is 13.3 Å². The number of halogens is 1. The Morgan fingerprint density at radius 2 is 2.35 bits per heavy atom. The van der Waals surface area contributed by atoms with E-state index in [1.807, 2.05) is 18.5 Å². The fourth-order valence-electron chi connectivity index (χ4n) is 2.69. The van der Waals surface area contributed by atoms with Crippen LogP contribution in [-0.2, 0) is 0 Å². The van der Waals surface area contributed by atoms with Crippen LogP contribution in [0.25, 0.3) is 5.65 Å². The Balaban J connectivity index is 2.06. The van der Waals surface area contributed by atoms with Crippen molar-refractivity contribution in [1.29, 1.82) is 0 Å². The van der Waals surface area contributed by atoms with Crippen molar-refractivity contribution >= 4 is 27.4 Å². The summed E-state index contributed by atoms with van der Waals surface area (Å²) in [4.78, 5) is 6.84. The molecule has 0 aliphatic carbocycles. The van der Waals surface area contributed by atoms with Gasteiger partial charge in [0.05, 0.1) is 0 Å². The molecule has 0 aromatic carbocycles. The average Bonchev–Trinajstić information content (AvgIpc) is 2.94. The fourth-order valence-corrected chi connectivity index (χ4v) is 3.68. The highest BCUT2D eigenvalue weighted by Gasteiger charge is 2.31. The van der Waals surface area contributed by atoms with Crippen LogP contribution >= 0.6 is 15.9 Å². The molecule has 0 spiro atoms. The van der Waals surface area contributed by atoms with Gasteiger partial charge in [0.1, 0.15) is 11.5 Å². The van der Waals surface area contributed by atoms with Crippen molar-refractivity contribution in [2.45, 2.75) is 19.4 Å². The molecule has 0 radical (unpaired) electrons. The van der Waals surface area contributed by atoms with E-state index in [1.165, 1.54) is 12.2 Å². The maximum atomic E-state index is 4.35. The quantitative estimate of drug-likeness (QED) is 0.794. The van der Waals surface area contributed by atoms with Crippen LogP contribution < -0.4 is 4.90 Å². The third-order valence-electron chi connectivity index (χ3n) is 3.74. The first-order valence-corrected chi connectivity index (χ1v) is 7.18. The number of nitrogens with zero attached hydrogens (tertiary/aromatic N) is 3. The molecule has 1 fully saturated rings. The molecule has 2 atom stereocenters. The number of fused-ring (bicyclic) bond motifs is 1. The van der Waals surface area contributed by atoms with E-state index in [1.54, 1.807) is 0 Å². The smallest absolute Gasteiger partial charge is 0.138 e. The maximum Gasteiger partial charge on any atom is 0.138 e. The molecule has 4 heteroatoms. The lowest BCUT2D eigenvalue weighted by Gasteiger charge is -2.27. The number of hydrogen-bond acceptors (Lipinski definition) is 2. The largest absolute Gasteiger partial charge is 0.354 e. The van der Waals surface area contributed by atoms with Crippen molar-refractivity contribution in [3.63, 3.8) is 0 Å². The zero-order valence-corrected chi connectivity index (χ0v) is 11.5. The molecule has 3 heterocycles. The van der Waals surface area contributed by atoms with E-state index < -0.39 is 0 Å². The van der Waals surface area contributed by atoms with Gasteiger partial charge in [0.15, 0.2) is 0 Å². The number of rotatable bonds is 2. The van der Waals surface area contributed by atoms with Crippen LogP contribution in [0.5, 0.6) is 0 Å². The highest BCUT2D eigenvalue weighted by atomic mass is 79.9. The Bertz CT molecular complexity index is 522. The number of hydrogen-bond donors (Lipinski definition) is 0. The monoisotopic (exact) mass is 293 g/mol.